The average molecular weight is 272 g/mol. The Morgan fingerprint density at radius 1 is 1.21 bits per heavy atom. The molecule has 0 aliphatic carbocycles. The lowest BCUT2D eigenvalue weighted by Crippen LogP contribution is -2.30. The summed E-state index contributed by atoms with van der Waals surface area (Å²) in [6, 6.07) is 10.1. The fraction of sp³-hybridized carbons (Fsp3) is 0.333. The van der Waals surface area contributed by atoms with Gasteiger partial charge in [-0.05, 0) is 25.0 Å². The van der Waals surface area contributed by atoms with Gasteiger partial charge >= 0.3 is 0 Å². The van der Waals surface area contributed by atoms with Gasteiger partial charge in [-0.2, -0.15) is 0 Å². The highest BCUT2D eigenvalue weighted by atomic mass is 32.2. The predicted octanol–water partition coefficient (Wildman–Crippen LogP) is 3.00. The Bertz CT molecular complexity index is 594. The minimum absolute atomic E-state index is 0.0216. The molecule has 1 aromatic heterocycles. The Hall–Kier alpha value is -1.55. The number of amides is 1. The van der Waals surface area contributed by atoms with E-state index >= 15 is 0 Å². The number of carbonyl (C=O) groups excluding carboxylic acids is 1. The monoisotopic (exact) mass is 272 g/mol. The summed E-state index contributed by atoms with van der Waals surface area (Å²) in [5, 5.41) is 4.14. The number of aromatic nitrogens is 1. The highest BCUT2D eigenvalue weighted by Gasteiger charge is 2.22. The van der Waals surface area contributed by atoms with Crippen LogP contribution in [-0.4, -0.2) is 22.7 Å². The molecule has 1 N–H and O–H groups in total. The Morgan fingerprint density at radius 2 is 2.11 bits per heavy atom. The summed E-state index contributed by atoms with van der Waals surface area (Å²) in [5.74, 6) is 0.170. The van der Waals surface area contributed by atoms with E-state index < -0.39 is 0 Å². The number of benzene rings is 1. The van der Waals surface area contributed by atoms with Gasteiger partial charge in [-0.15, -0.1) is 11.8 Å². The maximum atomic E-state index is 12.0. The van der Waals surface area contributed by atoms with Crippen molar-refractivity contribution in [3.8, 4) is 0 Å². The van der Waals surface area contributed by atoms with Crippen LogP contribution in [0, 0.1) is 0 Å². The van der Waals surface area contributed by atoms with Crippen molar-refractivity contribution in [3.63, 3.8) is 0 Å². The van der Waals surface area contributed by atoms with Gasteiger partial charge in [-0.3, -0.25) is 9.78 Å². The SMILES string of the molecule is O=C1NCCCCC1Sc1ccnc2ccccc12. The first-order chi connectivity index (χ1) is 9.34. The smallest absolute Gasteiger partial charge is 0.233 e. The summed E-state index contributed by atoms with van der Waals surface area (Å²) in [7, 11) is 0. The topological polar surface area (TPSA) is 42.0 Å². The van der Waals surface area contributed by atoms with E-state index in [4.69, 9.17) is 0 Å². The maximum absolute atomic E-state index is 12.0. The lowest BCUT2D eigenvalue weighted by molar-refractivity contribution is -0.120. The fourth-order valence-electron chi connectivity index (χ4n) is 2.35. The number of nitrogens with zero attached hydrogens (tertiary/aromatic N) is 1. The van der Waals surface area contributed by atoms with Gasteiger partial charge in [0.2, 0.25) is 5.91 Å². The molecule has 1 aliphatic heterocycles. The molecule has 3 nitrogen and oxygen atoms in total. The van der Waals surface area contributed by atoms with Crippen molar-refractivity contribution in [1.29, 1.82) is 0 Å². The van der Waals surface area contributed by atoms with Crippen molar-refractivity contribution < 1.29 is 4.79 Å². The average Bonchev–Trinajstić information content (AvgIpc) is 2.65. The lowest BCUT2D eigenvalue weighted by atomic mass is 10.2. The van der Waals surface area contributed by atoms with Gasteiger partial charge in [0, 0.05) is 23.0 Å². The van der Waals surface area contributed by atoms with Crippen LogP contribution in [0.5, 0.6) is 0 Å². The Kier molecular flexibility index (Phi) is 3.69. The number of rotatable bonds is 2. The normalized spacial score (nSPS) is 20.0. The first-order valence-corrected chi connectivity index (χ1v) is 7.51. The van der Waals surface area contributed by atoms with Gasteiger partial charge in [-0.25, -0.2) is 0 Å². The first-order valence-electron chi connectivity index (χ1n) is 6.63. The second-order valence-corrected chi connectivity index (χ2v) is 5.96. The van der Waals surface area contributed by atoms with E-state index in [1.165, 1.54) is 0 Å². The lowest BCUT2D eigenvalue weighted by Gasteiger charge is -2.13. The maximum Gasteiger partial charge on any atom is 0.233 e. The van der Waals surface area contributed by atoms with Crippen LogP contribution in [0.25, 0.3) is 10.9 Å². The van der Waals surface area contributed by atoms with Crippen molar-refractivity contribution in [1.82, 2.24) is 10.3 Å². The van der Waals surface area contributed by atoms with Crippen molar-refractivity contribution in [2.24, 2.45) is 0 Å². The molecule has 1 atom stereocenters. The molecule has 0 bridgehead atoms. The van der Waals surface area contributed by atoms with Gasteiger partial charge in [0.25, 0.3) is 0 Å². The molecule has 1 unspecified atom stereocenters. The zero-order valence-corrected chi connectivity index (χ0v) is 11.5. The van der Waals surface area contributed by atoms with Gasteiger partial charge in [-0.1, -0.05) is 24.6 Å². The molecule has 0 radical (unpaired) electrons. The predicted molar refractivity (Wildman–Crippen MR) is 78.2 cm³/mol. The second kappa shape index (κ2) is 5.61. The molecule has 1 fully saturated rings. The van der Waals surface area contributed by atoms with Crippen LogP contribution >= 0.6 is 11.8 Å². The number of pyridine rings is 1. The van der Waals surface area contributed by atoms with Crippen LogP contribution in [0.4, 0.5) is 0 Å². The summed E-state index contributed by atoms with van der Waals surface area (Å²) in [5.41, 5.74) is 0.988. The third kappa shape index (κ3) is 2.73. The number of fused-ring (bicyclic) bond motifs is 1. The molecule has 4 heteroatoms. The van der Waals surface area contributed by atoms with Crippen LogP contribution in [0.15, 0.2) is 41.4 Å². The van der Waals surface area contributed by atoms with Crippen LogP contribution in [0.2, 0.25) is 0 Å². The number of hydrogen-bond donors (Lipinski definition) is 1. The molecular weight excluding hydrogens is 256 g/mol. The zero-order chi connectivity index (χ0) is 13.1. The number of thioether (sulfide) groups is 1. The molecule has 2 aromatic rings. The number of para-hydroxylation sites is 1. The van der Waals surface area contributed by atoms with E-state index in [1.807, 2.05) is 30.5 Å². The fourth-order valence-corrected chi connectivity index (χ4v) is 3.57. The minimum Gasteiger partial charge on any atom is -0.355 e. The zero-order valence-electron chi connectivity index (χ0n) is 10.6. The van der Waals surface area contributed by atoms with Crippen molar-refractivity contribution in [2.45, 2.75) is 29.4 Å². The van der Waals surface area contributed by atoms with Crippen molar-refractivity contribution in [3.05, 3.63) is 36.5 Å². The first kappa shape index (κ1) is 12.5. The molecule has 1 saturated heterocycles. The molecule has 2 heterocycles. The number of carbonyl (C=O) groups is 1. The molecular formula is C15H16N2OS. The second-order valence-electron chi connectivity index (χ2n) is 4.72. The summed E-state index contributed by atoms with van der Waals surface area (Å²) >= 11 is 1.66. The summed E-state index contributed by atoms with van der Waals surface area (Å²) in [6.07, 6.45) is 4.96. The summed E-state index contributed by atoms with van der Waals surface area (Å²) in [6.45, 7) is 0.812. The summed E-state index contributed by atoms with van der Waals surface area (Å²) in [4.78, 5) is 17.5. The molecule has 19 heavy (non-hydrogen) atoms. The third-order valence-corrected chi connectivity index (χ3v) is 4.71. The van der Waals surface area contributed by atoms with Crippen molar-refractivity contribution >= 4 is 28.6 Å². The third-order valence-electron chi connectivity index (χ3n) is 3.36. The Labute approximate surface area is 116 Å². The van der Waals surface area contributed by atoms with E-state index in [1.54, 1.807) is 11.8 Å². The molecule has 1 aliphatic rings. The van der Waals surface area contributed by atoms with E-state index in [0.717, 1.165) is 41.6 Å². The van der Waals surface area contributed by atoms with E-state index in [2.05, 4.69) is 16.4 Å². The molecule has 1 amide bonds. The number of hydrogen-bond acceptors (Lipinski definition) is 3. The van der Waals surface area contributed by atoms with Crippen LogP contribution in [-0.2, 0) is 4.79 Å². The highest BCUT2D eigenvalue weighted by Crippen LogP contribution is 2.32. The molecule has 3 rings (SSSR count). The molecule has 98 valence electrons. The highest BCUT2D eigenvalue weighted by molar-refractivity contribution is 8.00. The number of nitrogens with one attached hydrogen (secondary N) is 1. The van der Waals surface area contributed by atoms with Crippen LogP contribution < -0.4 is 5.32 Å². The van der Waals surface area contributed by atoms with E-state index in [0.29, 0.717) is 0 Å². The van der Waals surface area contributed by atoms with Crippen LogP contribution in [0.1, 0.15) is 19.3 Å². The van der Waals surface area contributed by atoms with Crippen molar-refractivity contribution in [2.75, 3.05) is 6.54 Å². The minimum atomic E-state index is 0.0216. The van der Waals surface area contributed by atoms with Gasteiger partial charge in [0.1, 0.15) is 0 Å². The Balaban J connectivity index is 1.90. The molecule has 1 aromatic carbocycles. The Morgan fingerprint density at radius 3 is 3.05 bits per heavy atom. The van der Waals surface area contributed by atoms with E-state index in [-0.39, 0.29) is 11.2 Å². The van der Waals surface area contributed by atoms with Crippen LogP contribution in [0.3, 0.4) is 0 Å². The largest absolute Gasteiger partial charge is 0.355 e. The van der Waals surface area contributed by atoms with Gasteiger partial charge in [0.15, 0.2) is 0 Å². The quantitative estimate of drug-likeness (QED) is 0.914. The standard InChI is InChI=1S/C15H16N2OS/c18-15-14(7-3-4-9-17-15)19-13-8-10-16-12-6-2-1-5-11(12)13/h1-2,5-6,8,10,14H,3-4,7,9H2,(H,17,18). The van der Waals surface area contributed by atoms with E-state index in [9.17, 15) is 4.79 Å². The molecule has 0 spiro atoms. The van der Waals surface area contributed by atoms with Gasteiger partial charge < -0.3 is 5.32 Å². The summed E-state index contributed by atoms with van der Waals surface area (Å²) < 4.78 is 0. The molecule has 0 saturated carbocycles. The van der Waals surface area contributed by atoms with Gasteiger partial charge in [0.05, 0.1) is 10.8 Å².